The predicted octanol–water partition coefficient (Wildman–Crippen LogP) is 3.51. The van der Waals surface area contributed by atoms with Crippen molar-refractivity contribution < 1.29 is 14.6 Å². The third kappa shape index (κ3) is 3.35. The zero-order valence-electron chi connectivity index (χ0n) is 14.0. The molecule has 1 fully saturated rings. The lowest BCUT2D eigenvalue weighted by atomic mass is 9.76. The lowest BCUT2D eigenvalue weighted by Gasteiger charge is -2.33. The van der Waals surface area contributed by atoms with E-state index in [2.05, 4.69) is 19.2 Å². The van der Waals surface area contributed by atoms with Gasteiger partial charge in [0.2, 0.25) is 0 Å². The Bertz CT molecular complexity index is 584. The van der Waals surface area contributed by atoms with Gasteiger partial charge in [0.15, 0.2) is 0 Å². The zero-order chi connectivity index (χ0) is 16.8. The Morgan fingerprint density at radius 2 is 1.86 bits per heavy atom. The van der Waals surface area contributed by atoms with Gasteiger partial charge in [-0.2, -0.15) is 0 Å². The van der Waals surface area contributed by atoms with Gasteiger partial charge >= 0.3 is 6.09 Å². The highest BCUT2D eigenvalue weighted by Crippen LogP contribution is 2.49. The third-order valence-corrected chi connectivity index (χ3v) is 4.39. The van der Waals surface area contributed by atoms with Crippen molar-refractivity contribution in [3.8, 4) is 5.75 Å². The summed E-state index contributed by atoms with van der Waals surface area (Å²) in [5, 5.41) is 12.6. The number of phenols is 1. The van der Waals surface area contributed by atoms with Gasteiger partial charge in [0.1, 0.15) is 11.4 Å². The molecule has 4 N–H and O–H groups in total. The maximum atomic E-state index is 11.9. The molecule has 0 saturated heterocycles. The molecule has 22 heavy (non-hydrogen) atoms. The molecule has 1 aromatic rings. The van der Waals surface area contributed by atoms with E-state index in [1.54, 1.807) is 32.9 Å². The summed E-state index contributed by atoms with van der Waals surface area (Å²) in [6, 6.07) is 5.20. The van der Waals surface area contributed by atoms with Crippen molar-refractivity contribution in [3.63, 3.8) is 0 Å². The number of carbonyl (C=O) groups excluding carboxylic acids is 1. The van der Waals surface area contributed by atoms with Gasteiger partial charge in [0, 0.05) is 11.0 Å². The van der Waals surface area contributed by atoms with E-state index in [-0.39, 0.29) is 16.7 Å². The minimum absolute atomic E-state index is 0.00674. The fourth-order valence-corrected chi connectivity index (χ4v) is 2.49. The second-order valence-corrected chi connectivity index (χ2v) is 7.64. The van der Waals surface area contributed by atoms with Crippen molar-refractivity contribution in [1.29, 1.82) is 0 Å². The number of phenolic OH excluding ortho intramolecular Hbond substituents is 1. The molecule has 2 rings (SSSR count). The van der Waals surface area contributed by atoms with Crippen molar-refractivity contribution >= 4 is 11.8 Å². The molecule has 0 aromatic heterocycles. The number of carbonyl (C=O) groups is 1. The van der Waals surface area contributed by atoms with Crippen LogP contribution in [0.4, 0.5) is 10.5 Å². The maximum Gasteiger partial charge on any atom is 0.412 e. The SMILES string of the molecule is CC(C)(C)OC(=O)Nc1cc(C(C)(C)C2(N)CC2)ccc1O. The molecule has 0 spiro atoms. The van der Waals surface area contributed by atoms with Crippen LogP contribution in [-0.4, -0.2) is 22.3 Å². The third-order valence-electron chi connectivity index (χ3n) is 4.39. The first-order valence-corrected chi connectivity index (χ1v) is 7.57. The quantitative estimate of drug-likeness (QED) is 0.746. The second kappa shape index (κ2) is 5.16. The molecule has 0 unspecified atom stereocenters. The van der Waals surface area contributed by atoms with Crippen LogP contribution < -0.4 is 11.1 Å². The van der Waals surface area contributed by atoms with Crippen LogP contribution in [-0.2, 0) is 10.2 Å². The summed E-state index contributed by atoms with van der Waals surface area (Å²) < 4.78 is 5.22. The number of aromatic hydroxyl groups is 1. The van der Waals surface area contributed by atoms with E-state index < -0.39 is 11.7 Å². The van der Waals surface area contributed by atoms with Gasteiger partial charge in [-0.05, 0) is 51.3 Å². The summed E-state index contributed by atoms with van der Waals surface area (Å²) >= 11 is 0. The first kappa shape index (κ1) is 16.6. The number of rotatable bonds is 3. The van der Waals surface area contributed by atoms with Crippen molar-refractivity contribution in [2.75, 3.05) is 5.32 Å². The molecule has 122 valence electrons. The standard InChI is InChI=1S/C17H26N2O3/c1-15(2,3)22-14(21)19-12-10-11(6-7-13(12)20)16(4,5)17(18)8-9-17/h6-7,10,20H,8-9,18H2,1-5H3,(H,19,21). The zero-order valence-corrected chi connectivity index (χ0v) is 14.0. The van der Waals surface area contributed by atoms with E-state index in [0.29, 0.717) is 5.69 Å². The lowest BCUT2D eigenvalue weighted by Crippen LogP contribution is -2.43. The van der Waals surface area contributed by atoms with Crippen molar-refractivity contribution in [2.45, 2.75) is 64.0 Å². The van der Waals surface area contributed by atoms with Crippen LogP contribution in [0.1, 0.15) is 53.0 Å². The van der Waals surface area contributed by atoms with Gasteiger partial charge in [-0.15, -0.1) is 0 Å². The molecule has 1 saturated carbocycles. The fourth-order valence-electron chi connectivity index (χ4n) is 2.49. The highest BCUT2D eigenvalue weighted by Gasteiger charge is 2.51. The van der Waals surface area contributed by atoms with E-state index in [0.717, 1.165) is 18.4 Å². The number of hydrogen-bond donors (Lipinski definition) is 3. The molecular weight excluding hydrogens is 280 g/mol. The van der Waals surface area contributed by atoms with Gasteiger partial charge in [-0.3, -0.25) is 5.32 Å². The molecule has 1 aromatic carbocycles. The van der Waals surface area contributed by atoms with Crippen molar-refractivity contribution in [3.05, 3.63) is 23.8 Å². The van der Waals surface area contributed by atoms with E-state index in [4.69, 9.17) is 10.5 Å². The number of hydrogen-bond acceptors (Lipinski definition) is 4. The molecule has 5 nitrogen and oxygen atoms in total. The second-order valence-electron chi connectivity index (χ2n) is 7.64. The van der Waals surface area contributed by atoms with Crippen molar-refractivity contribution in [2.24, 2.45) is 5.73 Å². The summed E-state index contributed by atoms with van der Waals surface area (Å²) in [6.45, 7) is 9.54. The smallest absolute Gasteiger partial charge is 0.412 e. The Hall–Kier alpha value is -1.75. The molecule has 0 heterocycles. The van der Waals surface area contributed by atoms with Gasteiger partial charge in [-0.25, -0.2) is 4.79 Å². The monoisotopic (exact) mass is 306 g/mol. The normalized spacial score (nSPS) is 17.0. The molecule has 0 atom stereocenters. The van der Waals surface area contributed by atoms with E-state index in [1.165, 1.54) is 0 Å². The highest BCUT2D eigenvalue weighted by atomic mass is 16.6. The first-order valence-electron chi connectivity index (χ1n) is 7.57. The molecule has 1 aliphatic carbocycles. The minimum atomic E-state index is -0.591. The number of nitrogens with two attached hydrogens (primary N) is 1. The van der Waals surface area contributed by atoms with Gasteiger partial charge < -0.3 is 15.6 Å². The Morgan fingerprint density at radius 1 is 1.27 bits per heavy atom. The Morgan fingerprint density at radius 3 is 2.36 bits per heavy atom. The molecule has 1 amide bonds. The van der Waals surface area contributed by atoms with Crippen molar-refractivity contribution in [1.82, 2.24) is 0 Å². The molecule has 0 bridgehead atoms. The highest BCUT2D eigenvalue weighted by molar-refractivity contribution is 5.87. The summed E-state index contributed by atoms with van der Waals surface area (Å²) in [4.78, 5) is 11.9. The molecule has 1 aliphatic rings. The Kier molecular flexibility index (Phi) is 3.90. The van der Waals surface area contributed by atoms with Crippen LogP contribution in [0.3, 0.4) is 0 Å². The van der Waals surface area contributed by atoms with E-state index >= 15 is 0 Å². The van der Waals surface area contributed by atoms with E-state index in [9.17, 15) is 9.90 Å². The summed E-state index contributed by atoms with van der Waals surface area (Å²) in [6.07, 6.45) is 1.37. The summed E-state index contributed by atoms with van der Waals surface area (Å²) in [5.74, 6) is 0.00674. The minimum Gasteiger partial charge on any atom is -0.506 e. The molecular formula is C17H26N2O3. The topological polar surface area (TPSA) is 84.6 Å². The fraction of sp³-hybridized carbons (Fsp3) is 0.588. The Labute approximate surface area is 131 Å². The number of benzene rings is 1. The Balaban J connectivity index is 2.23. The average Bonchev–Trinajstić information content (AvgIpc) is 3.09. The van der Waals surface area contributed by atoms with Gasteiger partial charge in [0.25, 0.3) is 0 Å². The molecule has 5 heteroatoms. The van der Waals surface area contributed by atoms with Gasteiger partial charge in [0.05, 0.1) is 5.69 Å². The van der Waals surface area contributed by atoms with Crippen LogP contribution in [0.2, 0.25) is 0 Å². The van der Waals surface area contributed by atoms with Crippen LogP contribution >= 0.6 is 0 Å². The number of amides is 1. The molecule has 0 radical (unpaired) electrons. The maximum absolute atomic E-state index is 11.9. The van der Waals surface area contributed by atoms with Crippen LogP contribution in [0, 0.1) is 0 Å². The molecule has 0 aliphatic heterocycles. The summed E-state index contributed by atoms with van der Waals surface area (Å²) in [7, 11) is 0. The lowest BCUT2D eigenvalue weighted by molar-refractivity contribution is 0.0635. The number of nitrogens with one attached hydrogen (secondary N) is 1. The van der Waals surface area contributed by atoms with Crippen LogP contribution in [0.5, 0.6) is 5.75 Å². The average molecular weight is 306 g/mol. The number of ether oxygens (including phenoxy) is 1. The predicted molar refractivity (Wildman–Crippen MR) is 87.1 cm³/mol. The van der Waals surface area contributed by atoms with Crippen LogP contribution in [0.25, 0.3) is 0 Å². The first-order chi connectivity index (χ1) is 9.95. The van der Waals surface area contributed by atoms with E-state index in [1.807, 2.05) is 6.07 Å². The van der Waals surface area contributed by atoms with Crippen LogP contribution in [0.15, 0.2) is 18.2 Å². The number of anilines is 1. The largest absolute Gasteiger partial charge is 0.506 e. The van der Waals surface area contributed by atoms with Gasteiger partial charge in [-0.1, -0.05) is 19.9 Å². The summed E-state index contributed by atoms with van der Waals surface area (Å²) in [5.41, 5.74) is 6.64.